The summed E-state index contributed by atoms with van der Waals surface area (Å²) in [6.07, 6.45) is 10.8. The predicted molar refractivity (Wildman–Crippen MR) is 66.4 cm³/mol. The van der Waals surface area contributed by atoms with Gasteiger partial charge in [0.05, 0.1) is 0 Å². The number of hydrogen-bond donors (Lipinski definition) is 1. The first-order valence-electron chi connectivity index (χ1n) is 7.09. The van der Waals surface area contributed by atoms with Crippen molar-refractivity contribution in [2.75, 3.05) is 13.1 Å². The van der Waals surface area contributed by atoms with E-state index in [2.05, 4.69) is 5.32 Å². The molecule has 0 aromatic rings. The fourth-order valence-corrected chi connectivity index (χ4v) is 3.15. The van der Waals surface area contributed by atoms with Crippen molar-refractivity contribution < 1.29 is 4.79 Å². The molecule has 0 unspecified atom stereocenters. The summed E-state index contributed by atoms with van der Waals surface area (Å²) in [5, 5.41) is 3.38. The van der Waals surface area contributed by atoms with Crippen LogP contribution in [0.1, 0.15) is 57.8 Å². The Morgan fingerprint density at radius 1 is 1.00 bits per heavy atom. The van der Waals surface area contributed by atoms with Crippen LogP contribution in [0.4, 0.5) is 0 Å². The first-order chi connectivity index (χ1) is 7.86. The van der Waals surface area contributed by atoms with Gasteiger partial charge in [-0.2, -0.15) is 0 Å². The summed E-state index contributed by atoms with van der Waals surface area (Å²) in [5.41, 5.74) is 0. The van der Waals surface area contributed by atoms with E-state index in [1.54, 1.807) is 0 Å². The third-order valence-electron chi connectivity index (χ3n) is 4.32. The lowest BCUT2D eigenvalue weighted by Crippen LogP contribution is -2.28. The molecule has 1 N–H and O–H groups in total. The van der Waals surface area contributed by atoms with Gasteiger partial charge in [-0.1, -0.05) is 19.3 Å². The lowest BCUT2D eigenvalue weighted by molar-refractivity contribution is -0.124. The number of ketones is 1. The maximum atomic E-state index is 12.0. The summed E-state index contributed by atoms with van der Waals surface area (Å²) in [4.78, 5) is 12.0. The second kappa shape index (κ2) is 6.39. The van der Waals surface area contributed by atoms with Gasteiger partial charge in [0.1, 0.15) is 5.78 Å². The van der Waals surface area contributed by atoms with Crippen molar-refractivity contribution in [3.8, 4) is 0 Å². The van der Waals surface area contributed by atoms with E-state index in [4.69, 9.17) is 0 Å². The van der Waals surface area contributed by atoms with E-state index in [1.165, 1.54) is 44.9 Å². The van der Waals surface area contributed by atoms with E-state index in [0.29, 0.717) is 11.7 Å². The second-order valence-electron chi connectivity index (χ2n) is 5.53. The van der Waals surface area contributed by atoms with E-state index in [1.807, 2.05) is 0 Å². The number of nitrogens with one attached hydrogen (secondary N) is 1. The van der Waals surface area contributed by atoms with E-state index < -0.39 is 0 Å². The Balaban J connectivity index is 1.65. The average molecular weight is 223 g/mol. The van der Waals surface area contributed by atoms with Gasteiger partial charge in [0.15, 0.2) is 0 Å². The molecule has 2 aliphatic rings. The number of rotatable bonds is 4. The lowest BCUT2D eigenvalue weighted by Gasteiger charge is -2.24. The number of piperidine rings is 1. The highest BCUT2D eigenvalue weighted by Gasteiger charge is 2.22. The summed E-state index contributed by atoms with van der Waals surface area (Å²) < 4.78 is 0. The van der Waals surface area contributed by atoms with Crippen LogP contribution in [-0.4, -0.2) is 18.9 Å². The van der Waals surface area contributed by atoms with Crippen LogP contribution < -0.4 is 5.32 Å². The molecule has 1 saturated heterocycles. The van der Waals surface area contributed by atoms with Crippen molar-refractivity contribution >= 4 is 5.78 Å². The van der Waals surface area contributed by atoms with Crippen LogP contribution in [0.25, 0.3) is 0 Å². The monoisotopic (exact) mass is 223 g/mol. The molecule has 92 valence electrons. The zero-order valence-corrected chi connectivity index (χ0v) is 10.3. The largest absolute Gasteiger partial charge is 0.317 e. The molecule has 0 radical (unpaired) electrons. The van der Waals surface area contributed by atoms with Gasteiger partial charge in [-0.05, 0) is 51.1 Å². The van der Waals surface area contributed by atoms with Gasteiger partial charge in [-0.3, -0.25) is 4.79 Å². The van der Waals surface area contributed by atoms with Crippen molar-refractivity contribution in [3.05, 3.63) is 0 Å². The van der Waals surface area contributed by atoms with E-state index in [-0.39, 0.29) is 0 Å². The minimum Gasteiger partial charge on any atom is -0.317 e. The maximum Gasteiger partial charge on any atom is 0.135 e. The normalized spacial score (nSPS) is 24.5. The molecular weight excluding hydrogens is 198 g/mol. The van der Waals surface area contributed by atoms with Crippen molar-refractivity contribution in [3.63, 3.8) is 0 Å². The van der Waals surface area contributed by atoms with Gasteiger partial charge in [-0.15, -0.1) is 0 Å². The lowest BCUT2D eigenvalue weighted by atomic mass is 9.83. The summed E-state index contributed by atoms with van der Waals surface area (Å²) in [6.45, 7) is 2.31. The van der Waals surface area contributed by atoms with Gasteiger partial charge >= 0.3 is 0 Å². The van der Waals surface area contributed by atoms with E-state index >= 15 is 0 Å². The molecular formula is C14H25NO. The van der Waals surface area contributed by atoms with Crippen LogP contribution in [-0.2, 0) is 4.79 Å². The van der Waals surface area contributed by atoms with E-state index in [0.717, 1.165) is 31.8 Å². The highest BCUT2D eigenvalue weighted by molar-refractivity contribution is 5.81. The zero-order valence-electron chi connectivity index (χ0n) is 10.3. The molecule has 0 aromatic heterocycles. The number of hydrogen-bond acceptors (Lipinski definition) is 2. The van der Waals surface area contributed by atoms with Crippen LogP contribution in [0.15, 0.2) is 0 Å². The summed E-state index contributed by atoms with van der Waals surface area (Å²) in [6, 6.07) is 0. The summed E-state index contributed by atoms with van der Waals surface area (Å²) >= 11 is 0. The standard InChI is InChI=1S/C14H25NO/c16-14(13-4-2-1-3-5-13)7-6-12-8-10-15-11-9-12/h12-13,15H,1-11H2. The Bertz CT molecular complexity index is 215. The van der Waals surface area contributed by atoms with E-state index in [9.17, 15) is 4.79 Å². The SMILES string of the molecule is O=C(CCC1CCNCC1)C1CCCCC1. The Morgan fingerprint density at radius 3 is 2.38 bits per heavy atom. The molecule has 16 heavy (non-hydrogen) atoms. The molecule has 2 rings (SSSR count). The number of Topliss-reactive ketones (excluding diaryl/α,β-unsaturated/α-hetero) is 1. The molecule has 1 saturated carbocycles. The Hall–Kier alpha value is -0.370. The molecule has 2 fully saturated rings. The van der Waals surface area contributed by atoms with Crippen LogP contribution in [0, 0.1) is 11.8 Å². The molecule has 0 atom stereocenters. The van der Waals surface area contributed by atoms with Crippen LogP contribution in [0.5, 0.6) is 0 Å². The highest BCUT2D eigenvalue weighted by atomic mass is 16.1. The maximum absolute atomic E-state index is 12.0. The second-order valence-corrected chi connectivity index (χ2v) is 5.53. The molecule has 1 heterocycles. The first-order valence-corrected chi connectivity index (χ1v) is 7.09. The minimum atomic E-state index is 0.426. The number of carbonyl (C=O) groups is 1. The van der Waals surface area contributed by atoms with Crippen molar-refractivity contribution in [2.45, 2.75) is 57.8 Å². The fourth-order valence-electron chi connectivity index (χ4n) is 3.15. The minimum absolute atomic E-state index is 0.426. The quantitative estimate of drug-likeness (QED) is 0.794. The van der Waals surface area contributed by atoms with Gasteiger partial charge in [0.25, 0.3) is 0 Å². The highest BCUT2D eigenvalue weighted by Crippen LogP contribution is 2.27. The Morgan fingerprint density at radius 2 is 1.69 bits per heavy atom. The third kappa shape index (κ3) is 3.58. The summed E-state index contributed by atoms with van der Waals surface area (Å²) in [7, 11) is 0. The molecule has 0 aromatic carbocycles. The Labute approximate surface area is 99.2 Å². The molecule has 2 heteroatoms. The Kier molecular flexibility index (Phi) is 4.83. The number of carbonyl (C=O) groups excluding carboxylic acids is 1. The van der Waals surface area contributed by atoms with Gasteiger partial charge < -0.3 is 5.32 Å². The molecule has 0 spiro atoms. The van der Waals surface area contributed by atoms with Crippen molar-refractivity contribution in [2.24, 2.45) is 11.8 Å². The average Bonchev–Trinajstić information content (AvgIpc) is 2.38. The third-order valence-corrected chi connectivity index (χ3v) is 4.32. The smallest absolute Gasteiger partial charge is 0.135 e. The topological polar surface area (TPSA) is 29.1 Å². The van der Waals surface area contributed by atoms with Gasteiger partial charge in [-0.25, -0.2) is 0 Å². The molecule has 0 amide bonds. The first kappa shape index (κ1) is 12.1. The zero-order chi connectivity index (χ0) is 11.2. The fraction of sp³-hybridized carbons (Fsp3) is 0.929. The molecule has 2 nitrogen and oxygen atoms in total. The van der Waals surface area contributed by atoms with Gasteiger partial charge in [0.2, 0.25) is 0 Å². The van der Waals surface area contributed by atoms with Crippen LogP contribution in [0.2, 0.25) is 0 Å². The van der Waals surface area contributed by atoms with Crippen LogP contribution in [0.3, 0.4) is 0 Å². The molecule has 1 aliphatic carbocycles. The van der Waals surface area contributed by atoms with Crippen LogP contribution >= 0.6 is 0 Å². The van der Waals surface area contributed by atoms with Gasteiger partial charge in [0, 0.05) is 12.3 Å². The molecule has 1 aliphatic heterocycles. The van der Waals surface area contributed by atoms with Crippen molar-refractivity contribution in [1.82, 2.24) is 5.32 Å². The predicted octanol–water partition coefficient (Wildman–Crippen LogP) is 2.92. The molecule has 0 bridgehead atoms. The summed E-state index contributed by atoms with van der Waals surface area (Å²) in [5.74, 6) is 1.81. The van der Waals surface area contributed by atoms with Crippen molar-refractivity contribution in [1.29, 1.82) is 0 Å².